The smallest absolute Gasteiger partial charge is 0.406 e. The summed E-state index contributed by atoms with van der Waals surface area (Å²) in [5.74, 6) is -1.43. The Bertz CT molecular complexity index is 406. The third-order valence-corrected chi connectivity index (χ3v) is 3.70. The second kappa shape index (κ2) is 5.31. The molecule has 108 valence electrons. The molecular formula is C10H10F6O2Si. The van der Waals surface area contributed by atoms with Gasteiger partial charge in [-0.25, -0.2) is 0 Å². The number of ether oxygens (including phenoxy) is 2. The molecule has 0 aliphatic heterocycles. The summed E-state index contributed by atoms with van der Waals surface area (Å²) in [6, 6.07) is 2.71. The van der Waals surface area contributed by atoms with Gasteiger partial charge in [0.1, 0.15) is 11.5 Å². The second-order valence-corrected chi connectivity index (χ2v) is 6.96. The predicted molar refractivity (Wildman–Crippen MR) is 58.3 cm³/mol. The van der Waals surface area contributed by atoms with Crippen LogP contribution in [0.3, 0.4) is 0 Å². The summed E-state index contributed by atoms with van der Waals surface area (Å²) < 4.78 is 79.7. The van der Waals surface area contributed by atoms with E-state index in [0.29, 0.717) is 11.3 Å². The van der Waals surface area contributed by atoms with Crippen LogP contribution < -0.4 is 14.7 Å². The summed E-state index contributed by atoms with van der Waals surface area (Å²) in [7, 11) is -1.62. The quantitative estimate of drug-likeness (QED) is 0.631. The van der Waals surface area contributed by atoms with E-state index in [1.165, 1.54) is 0 Å². The highest BCUT2D eigenvalue weighted by Crippen LogP contribution is 2.28. The van der Waals surface area contributed by atoms with Crippen LogP contribution in [0.4, 0.5) is 26.3 Å². The van der Waals surface area contributed by atoms with Crippen LogP contribution >= 0.6 is 0 Å². The van der Waals surface area contributed by atoms with Crippen molar-refractivity contribution in [2.45, 2.75) is 25.8 Å². The number of rotatable bonds is 3. The number of alkyl halides is 6. The molecule has 1 aromatic rings. The molecular weight excluding hydrogens is 294 g/mol. The lowest BCUT2D eigenvalue weighted by Crippen LogP contribution is -2.26. The maximum atomic E-state index is 12.1. The molecule has 0 aliphatic carbocycles. The van der Waals surface area contributed by atoms with Crippen LogP contribution in [-0.2, 0) is 0 Å². The van der Waals surface area contributed by atoms with E-state index in [4.69, 9.17) is 0 Å². The Morgan fingerprint density at radius 3 is 1.42 bits per heavy atom. The van der Waals surface area contributed by atoms with Crippen LogP contribution in [-0.4, -0.2) is 21.5 Å². The Labute approximate surface area is 106 Å². The largest absolute Gasteiger partial charge is 0.573 e. The van der Waals surface area contributed by atoms with Crippen molar-refractivity contribution in [1.29, 1.82) is 0 Å². The number of benzene rings is 1. The van der Waals surface area contributed by atoms with Gasteiger partial charge in [0.2, 0.25) is 0 Å². The molecule has 0 atom stereocenters. The average Bonchev–Trinajstić information content (AvgIpc) is 2.10. The molecule has 1 aromatic carbocycles. The lowest BCUT2D eigenvalue weighted by molar-refractivity contribution is -0.276. The molecule has 0 heterocycles. The van der Waals surface area contributed by atoms with Gasteiger partial charge in [-0.3, -0.25) is 0 Å². The third-order valence-electron chi connectivity index (χ3n) is 2.04. The van der Waals surface area contributed by atoms with Crippen LogP contribution in [0, 0.1) is 0 Å². The molecule has 0 aromatic heterocycles. The van der Waals surface area contributed by atoms with Crippen LogP contribution in [0.1, 0.15) is 0 Å². The monoisotopic (exact) mass is 304 g/mol. The normalized spacial score (nSPS) is 12.7. The van der Waals surface area contributed by atoms with E-state index in [9.17, 15) is 26.3 Å². The fourth-order valence-electron chi connectivity index (χ4n) is 1.31. The maximum Gasteiger partial charge on any atom is 0.573 e. The molecule has 1 rings (SSSR count). The second-order valence-electron chi connectivity index (χ2n) is 3.99. The topological polar surface area (TPSA) is 18.5 Å². The maximum absolute atomic E-state index is 12.1. The standard InChI is InChI=1S/C10H10F6O2Si/c1-19(2)8-4-6(17-9(11,12)13)3-7(5-8)18-10(14,15)16/h3-5,19H,1-2H3. The van der Waals surface area contributed by atoms with Gasteiger partial charge in [0.05, 0.1) is 8.80 Å². The van der Waals surface area contributed by atoms with Gasteiger partial charge in [-0.05, 0) is 12.1 Å². The van der Waals surface area contributed by atoms with Crippen LogP contribution in [0.15, 0.2) is 18.2 Å². The molecule has 0 unspecified atom stereocenters. The minimum Gasteiger partial charge on any atom is -0.406 e. The molecule has 0 radical (unpaired) electrons. The zero-order valence-corrected chi connectivity index (χ0v) is 11.0. The van der Waals surface area contributed by atoms with E-state index in [-0.39, 0.29) is 0 Å². The Kier molecular flexibility index (Phi) is 4.38. The summed E-state index contributed by atoms with van der Waals surface area (Å²) >= 11 is 0. The van der Waals surface area contributed by atoms with Crippen molar-refractivity contribution in [3.8, 4) is 11.5 Å². The Balaban J connectivity index is 3.11. The van der Waals surface area contributed by atoms with Gasteiger partial charge in [-0.1, -0.05) is 18.3 Å². The number of halogens is 6. The molecule has 0 fully saturated rings. The molecule has 0 saturated carbocycles. The van der Waals surface area contributed by atoms with Crippen LogP contribution in [0.2, 0.25) is 13.1 Å². The molecule has 0 N–H and O–H groups in total. The highest BCUT2D eigenvalue weighted by Gasteiger charge is 2.34. The lowest BCUT2D eigenvalue weighted by Gasteiger charge is -2.15. The fraction of sp³-hybridized carbons (Fsp3) is 0.400. The van der Waals surface area contributed by atoms with E-state index in [1.807, 2.05) is 0 Å². The molecule has 2 nitrogen and oxygen atoms in total. The van der Waals surface area contributed by atoms with Gasteiger partial charge >= 0.3 is 12.7 Å². The lowest BCUT2D eigenvalue weighted by atomic mass is 10.3. The van der Waals surface area contributed by atoms with Gasteiger partial charge in [-0.2, -0.15) is 0 Å². The molecule has 0 aliphatic rings. The van der Waals surface area contributed by atoms with Gasteiger partial charge in [-0.15, -0.1) is 26.3 Å². The highest BCUT2D eigenvalue weighted by molar-refractivity contribution is 6.70. The van der Waals surface area contributed by atoms with E-state index >= 15 is 0 Å². The molecule has 9 heteroatoms. The SMILES string of the molecule is C[SiH](C)c1cc(OC(F)(F)F)cc(OC(F)(F)F)c1. The van der Waals surface area contributed by atoms with Crippen LogP contribution in [0.25, 0.3) is 0 Å². The van der Waals surface area contributed by atoms with Crippen molar-refractivity contribution < 1.29 is 35.8 Å². The van der Waals surface area contributed by atoms with E-state index in [1.54, 1.807) is 13.1 Å². The van der Waals surface area contributed by atoms with Crippen molar-refractivity contribution in [2.75, 3.05) is 0 Å². The number of hydrogen-bond donors (Lipinski definition) is 0. The number of hydrogen-bond acceptors (Lipinski definition) is 2. The summed E-state index contributed by atoms with van der Waals surface area (Å²) in [6.07, 6.45) is -9.93. The minimum absolute atomic E-state index is 0.376. The first-order chi connectivity index (χ1) is 8.46. The molecule has 19 heavy (non-hydrogen) atoms. The van der Waals surface area contributed by atoms with Crippen molar-refractivity contribution >= 4 is 14.0 Å². The summed E-state index contributed by atoms with van der Waals surface area (Å²) in [4.78, 5) is 0. The average molecular weight is 304 g/mol. The molecule has 0 spiro atoms. The first kappa shape index (κ1) is 15.7. The van der Waals surface area contributed by atoms with E-state index in [2.05, 4.69) is 9.47 Å². The van der Waals surface area contributed by atoms with E-state index < -0.39 is 33.0 Å². The van der Waals surface area contributed by atoms with Gasteiger partial charge in [0.25, 0.3) is 0 Å². The molecule has 0 bridgehead atoms. The Hall–Kier alpha value is -1.38. The molecule has 0 saturated heterocycles. The third kappa shape index (κ3) is 5.86. The van der Waals surface area contributed by atoms with Crippen molar-refractivity contribution in [2.24, 2.45) is 0 Å². The minimum atomic E-state index is -4.97. The van der Waals surface area contributed by atoms with Gasteiger partial charge < -0.3 is 9.47 Å². The Morgan fingerprint density at radius 2 is 1.16 bits per heavy atom. The van der Waals surface area contributed by atoms with Crippen LogP contribution in [0.5, 0.6) is 11.5 Å². The zero-order chi connectivity index (χ0) is 14.8. The fourth-order valence-corrected chi connectivity index (χ4v) is 2.31. The first-order valence-corrected chi connectivity index (χ1v) is 8.01. The molecule has 0 amide bonds. The summed E-state index contributed by atoms with van der Waals surface area (Å²) in [6.45, 7) is 3.51. The summed E-state index contributed by atoms with van der Waals surface area (Å²) in [5, 5.41) is 0.376. The zero-order valence-electron chi connectivity index (χ0n) is 9.89. The predicted octanol–water partition coefficient (Wildman–Crippen LogP) is 3.18. The summed E-state index contributed by atoms with van der Waals surface area (Å²) in [5.41, 5.74) is 0. The van der Waals surface area contributed by atoms with Gasteiger partial charge in [0, 0.05) is 6.07 Å². The van der Waals surface area contributed by atoms with Crippen molar-refractivity contribution in [3.63, 3.8) is 0 Å². The van der Waals surface area contributed by atoms with Crippen molar-refractivity contribution in [1.82, 2.24) is 0 Å². The first-order valence-electron chi connectivity index (χ1n) is 5.13. The van der Waals surface area contributed by atoms with Gasteiger partial charge in [0.15, 0.2) is 0 Å². The highest BCUT2D eigenvalue weighted by atomic mass is 28.3. The Morgan fingerprint density at radius 1 is 0.789 bits per heavy atom. The van der Waals surface area contributed by atoms with Crippen molar-refractivity contribution in [3.05, 3.63) is 18.2 Å². The van der Waals surface area contributed by atoms with E-state index in [0.717, 1.165) is 12.1 Å².